The van der Waals surface area contributed by atoms with Gasteiger partial charge in [-0.1, -0.05) is 55.8 Å². The van der Waals surface area contributed by atoms with Crippen LogP contribution in [0.1, 0.15) is 51.7 Å². The number of carbonyl (C=O) groups excluding carboxylic acids is 2. The van der Waals surface area contributed by atoms with Crippen LogP contribution in [0.2, 0.25) is 0 Å². The van der Waals surface area contributed by atoms with E-state index in [0.29, 0.717) is 17.1 Å². The second-order valence-corrected chi connectivity index (χ2v) is 8.77. The van der Waals surface area contributed by atoms with E-state index < -0.39 is 17.7 Å². The third kappa shape index (κ3) is 3.31. The number of aryl methyl sites for hydroxylation is 2. The predicted octanol–water partition coefficient (Wildman–Crippen LogP) is 5.29. The molecule has 1 amide bonds. The van der Waals surface area contributed by atoms with Crippen molar-refractivity contribution in [3.05, 3.63) is 74.9 Å². The van der Waals surface area contributed by atoms with E-state index in [0.717, 1.165) is 34.2 Å². The molecule has 6 heteroatoms. The quantitative estimate of drug-likeness (QED) is 0.550. The SMILES string of the molecule is CCCCN1C(=O)C(O)=C(C(=O)c2sc(C)nc2C)C1c1cccc2ccccc12. The molecule has 0 saturated heterocycles. The molecule has 0 saturated carbocycles. The molecule has 1 aromatic heterocycles. The Kier molecular flexibility index (Phi) is 5.43. The lowest BCUT2D eigenvalue weighted by atomic mass is 9.91. The van der Waals surface area contributed by atoms with E-state index in [4.69, 9.17) is 0 Å². The zero-order valence-electron chi connectivity index (χ0n) is 17.3. The largest absolute Gasteiger partial charge is 0.503 e. The number of aliphatic hydroxyl groups is 1. The number of hydrogen-bond acceptors (Lipinski definition) is 5. The summed E-state index contributed by atoms with van der Waals surface area (Å²) in [6.45, 7) is 6.16. The van der Waals surface area contributed by atoms with Crippen LogP contribution in [-0.2, 0) is 4.79 Å². The summed E-state index contributed by atoms with van der Waals surface area (Å²) in [5.41, 5.74) is 1.63. The summed E-state index contributed by atoms with van der Waals surface area (Å²) < 4.78 is 0. The van der Waals surface area contributed by atoms with Crippen LogP contribution in [0, 0.1) is 13.8 Å². The maximum atomic E-state index is 13.5. The number of benzene rings is 2. The van der Waals surface area contributed by atoms with Crippen molar-refractivity contribution in [1.29, 1.82) is 0 Å². The summed E-state index contributed by atoms with van der Waals surface area (Å²) in [7, 11) is 0. The van der Waals surface area contributed by atoms with Crippen LogP contribution < -0.4 is 0 Å². The second kappa shape index (κ2) is 8.03. The van der Waals surface area contributed by atoms with Crippen molar-refractivity contribution in [1.82, 2.24) is 9.88 Å². The van der Waals surface area contributed by atoms with Crippen molar-refractivity contribution in [2.24, 2.45) is 0 Å². The topological polar surface area (TPSA) is 70.5 Å². The number of fused-ring (bicyclic) bond motifs is 1. The molecule has 0 spiro atoms. The number of nitrogens with zero attached hydrogens (tertiary/aromatic N) is 2. The van der Waals surface area contributed by atoms with E-state index in [1.807, 2.05) is 49.4 Å². The molecule has 1 aliphatic heterocycles. The molecule has 1 atom stereocenters. The van der Waals surface area contributed by atoms with Gasteiger partial charge < -0.3 is 10.0 Å². The second-order valence-electron chi connectivity index (χ2n) is 7.56. The number of hydrogen-bond donors (Lipinski definition) is 1. The van der Waals surface area contributed by atoms with Crippen LogP contribution in [0.3, 0.4) is 0 Å². The molecule has 0 bridgehead atoms. The van der Waals surface area contributed by atoms with Crippen LogP contribution in [0.4, 0.5) is 0 Å². The van der Waals surface area contributed by atoms with Crippen LogP contribution in [0.5, 0.6) is 0 Å². The lowest BCUT2D eigenvalue weighted by molar-refractivity contribution is -0.129. The fourth-order valence-corrected chi connectivity index (χ4v) is 5.00. The Morgan fingerprint density at radius 2 is 1.90 bits per heavy atom. The van der Waals surface area contributed by atoms with Gasteiger partial charge in [0.1, 0.15) is 0 Å². The molecule has 30 heavy (non-hydrogen) atoms. The molecule has 1 aliphatic rings. The maximum absolute atomic E-state index is 13.5. The molecule has 0 fully saturated rings. The lowest BCUT2D eigenvalue weighted by Crippen LogP contribution is -2.32. The highest BCUT2D eigenvalue weighted by atomic mass is 32.1. The first-order valence-corrected chi connectivity index (χ1v) is 11.0. The van der Waals surface area contributed by atoms with Crippen molar-refractivity contribution < 1.29 is 14.7 Å². The fourth-order valence-electron chi connectivity index (χ4n) is 4.12. The van der Waals surface area contributed by atoms with Gasteiger partial charge in [-0.25, -0.2) is 4.98 Å². The van der Waals surface area contributed by atoms with Crippen molar-refractivity contribution in [3.8, 4) is 0 Å². The van der Waals surface area contributed by atoms with Gasteiger partial charge in [0.25, 0.3) is 5.91 Å². The molecular weight excluding hydrogens is 396 g/mol. The van der Waals surface area contributed by atoms with E-state index >= 15 is 0 Å². The number of aromatic nitrogens is 1. The number of rotatable bonds is 6. The average molecular weight is 421 g/mol. The molecule has 0 radical (unpaired) electrons. The number of thiazole rings is 1. The summed E-state index contributed by atoms with van der Waals surface area (Å²) in [5.74, 6) is -1.25. The van der Waals surface area contributed by atoms with Crippen LogP contribution in [-0.4, -0.2) is 33.2 Å². The molecular formula is C24H24N2O3S. The minimum atomic E-state index is -0.621. The molecule has 3 aromatic rings. The number of carbonyl (C=O) groups is 2. The minimum Gasteiger partial charge on any atom is -0.503 e. The summed E-state index contributed by atoms with van der Waals surface area (Å²) in [6, 6.07) is 13.2. The van der Waals surface area contributed by atoms with Gasteiger partial charge in [0.15, 0.2) is 5.76 Å². The van der Waals surface area contributed by atoms with Gasteiger partial charge in [-0.05, 0) is 36.6 Å². The van der Waals surface area contributed by atoms with Gasteiger partial charge >= 0.3 is 0 Å². The number of aliphatic hydroxyl groups excluding tert-OH is 1. The van der Waals surface area contributed by atoms with E-state index in [1.54, 1.807) is 11.8 Å². The highest BCUT2D eigenvalue weighted by molar-refractivity contribution is 7.14. The Labute approximate surface area is 179 Å². The van der Waals surface area contributed by atoms with E-state index in [9.17, 15) is 14.7 Å². The molecule has 1 N–H and O–H groups in total. The molecule has 154 valence electrons. The standard InChI is InChI=1S/C24H24N2O3S/c1-4-5-13-26-20(18-12-8-10-16-9-6-7-11-17(16)18)19(22(28)24(26)29)21(27)23-14(2)25-15(3)30-23/h6-12,20,28H,4-5,13H2,1-3H3. The summed E-state index contributed by atoms with van der Waals surface area (Å²) in [5, 5.41) is 13.6. The molecule has 2 heterocycles. The van der Waals surface area contributed by atoms with Crippen molar-refractivity contribution >= 4 is 33.8 Å². The van der Waals surface area contributed by atoms with Gasteiger partial charge in [0, 0.05) is 6.54 Å². The Bertz CT molecular complexity index is 1170. The van der Waals surface area contributed by atoms with Gasteiger partial charge in [-0.2, -0.15) is 0 Å². The summed E-state index contributed by atoms with van der Waals surface area (Å²) >= 11 is 1.30. The van der Waals surface area contributed by atoms with Crippen LogP contribution in [0.15, 0.2) is 53.8 Å². The van der Waals surface area contributed by atoms with Crippen LogP contribution in [0.25, 0.3) is 10.8 Å². The van der Waals surface area contributed by atoms with Gasteiger partial charge in [0.2, 0.25) is 5.78 Å². The molecule has 0 aliphatic carbocycles. The van der Waals surface area contributed by atoms with E-state index in [1.165, 1.54) is 11.3 Å². The van der Waals surface area contributed by atoms with Crippen molar-refractivity contribution in [2.45, 2.75) is 39.7 Å². The van der Waals surface area contributed by atoms with Crippen LogP contribution >= 0.6 is 11.3 Å². The average Bonchev–Trinajstić information content (AvgIpc) is 3.21. The molecule has 5 nitrogen and oxygen atoms in total. The lowest BCUT2D eigenvalue weighted by Gasteiger charge is -2.27. The number of amides is 1. The summed E-state index contributed by atoms with van der Waals surface area (Å²) in [6.07, 6.45) is 1.70. The van der Waals surface area contributed by atoms with Gasteiger partial charge in [-0.15, -0.1) is 11.3 Å². The third-order valence-electron chi connectivity index (χ3n) is 5.53. The predicted molar refractivity (Wildman–Crippen MR) is 119 cm³/mol. The Hall–Kier alpha value is -2.99. The van der Waals surface area contributed by atoms with E-state index in [2.05, 4.69) is 11.9 Å². The zero-order chi connectivity index (χ0) is 21.4. The first-order valence-electron chi connectivity index (χ1n) is 10.1. The monoisotopic (exact) mass is 420 g/mol. The maximum Gasteiger partial charge on any atom is 0.290 e. The smallest absolute Gasteiger partial charge is 0.290 e. The third-order valence-corrected chi connectivity index (χ3v) is 6.60. The molecule has 2 aromatic carbocycles. The van der Waals surface area contributed by atoms with Crippen molar-refractivity contribution in [2.75, 3.05) is 6.54 Å². The molecule has 1 unspecified atom stereocenters. The first-order chi connectivity index (χ1) is 14.4. The highest BCUT2D eigenvalue weighted by Crippen LogP contribution is 2.42. The Balaban J connectivity index is 1.91. The van der Waals surface area contributed by atoms with Gasteiger partial charge in [-0.3, -0.25) is 9.59 Å². The van der Waals surface area contributed by atoms with Gasteiger partial charge in [0.05, 0.1) is 27.2 Å². The number of unbranched alkanes of at least 4 members (excludes halogenated alkanes) is 1. The fraction of sp³-hybridized carbons (Fsp3) is 0.292. The number of Topliss-reactive ketones (excluding diaryl/α,β-unsaturated/α-hetero) is 1. The first kappa shape index (κ1) is 20.3. The Morgan fingerprint density at radius 1 is 1.17 bits per heavy atom. The highest BCUT2D eigenvalue weighted by Gasteiger charge is 2.44. The number of ketones is 1. The van der Waals surface area contributed by atoms with E-state index in [-0.39, 0.29) is 11.4 Å². The molecule has 4 rings (SSSR count). The van der Waals surface area contributed by atoms with Crippen molar-refractivity contribution in [3.63, 3.8) is 0 Å². The summed E-state index contributed by atoms with van der Waals surface area (Å²) in [4.78, 5) is 33.0. The minimum absolute atomic E-state index is 0.152. The Morgan fingerprint density at radius 3 is 2.60 bits per heavy atom. The normalized spacial score (nSPS) is 16.7. The zero-order valence-corrected chi connectivity index (χ0v) is 18.1.